The number of rotatable bonds is 14. The van der Waals surface area contributed by atoms with Crippen molar-refractivity contribution >= 4 is 23.5 Å². The van der Waals surface area contributed by atoms with E-state index in [-0.39, 0.29) is 44.0 Å². The third kappa shape index (κ3) is 13.1. The quantitative estimate of drug-likeness (QED) is 0.334. The Kier molecular flexibility index (Phi) is 12.5. The summed E-state index contributed by atoms with van der Waals surface area (Å²) in [4.78, 5) is 46.5. The fourth-order valence-electron chi connectivity index (χ4n) is 2.18. The molecule has 0 aliphatic heterocycles. The maximum atomic E-state index is 11.7. The Hall–Kier alpha value is -1.76. The average Bonchev–Trinajstić information content (AvgIpc) is 2.57. The van der Waals surface area contributed by atoms with Crippen LogP contribution in [-0.2, 0) is 33.4 Å². The number of carbonyl (C=O) groups excluding carboxylic acids is 4. The van der Waals surface area contributed by atoms with Crippen molar-refractivity contribution in [2.45, 2.75) is 79.2 Å². The smallest absolute Gasteiger partial charge is 0.305 e. The van der Waals surface area contributed by atoms with Crippen molar-refractivity contribution in [3.8, 4) is 0 Å². The summed E-state index contributed by atoms with van der Waals surface area (Å²) in [5.41, 5.74) is -0.399. The van der Waals surface area contributed by atoms with Crippen LogP contribution in [0.1, 0.15) is 73.1 Å². The molecule has 0 aliphatic rings. The van der Waals surface area contributed by atoms with Gasteiger partial charge in [0, 0.05) is 37.7 Å². The highest BCUT2D eigenvalue weighted by atomic mass is 16.6. The fraction of sp³-hybridized carbons (Fsp3) is 0.800. The van der Waals surface area contributed by atoms with Gasteiger partial charge in [-0.2, -0.15) is 0 Å². The second kappa shape index (κ2) is 13.4. The topological polar surface area (TPSA) is 96.0 Å². The van der Waals surface area contributed by atoms with E-state index in [0.717, 1.165) is 0 Å². The molecule has 27 heavy (non-hydrogen) atoms. The molecular formula is C20H34O7. The largest absolute Gasteiger partial charge is 0.462 e. The lowest BCUT2D eigenvalue weighted by Crippen LogP contribution is -2.21. The lowest BCUT2D eigenvalue weighted by atomic mass is 9.88. The lowest BCUT2D eigenvalue weighted by molar-refractivity contribution is -0.152. The number of carbonyl (C=O) groups is 4. The summed E-state index contributed by atoms with van der Waals surface area (Å²) in [6.07, 6.45) is 1.29. The van der Waals surface area contributed by atoms with Gasteiger partial charge in [-0.15, -0.1) is 0 Å². The van der Waals surface area contributed by atoms with Crippen molar-refractivity contribution in [3.63, 3.8) is 0 Å². The first-order valence-electron chi connectivity index (χ1n) is 9.56. The molecular weight excluding hydrogens is 352 g/mol. The highest BCUT2D eigenvalue weighted by Gasteiger charge is 2.20. The molecule has 0 fully saturated rings. The summed E-state index contributed by atoms with van der Waals surface area (Å²) < 4.78 is 15.1. The number of hydrogen-bond acceptors (Lipinski definition) is 7. The Bertz CT molecular complexity index is 491. The SMILES string of the molecule is CCOC(C)C(=O)CCCC(=O)OCCOC(=O)CCCC(=O)C(C)(C)C. The van der Waals surface area contributed by atoms with E-state index in [2.05, 4.69) is 0 Å². The van der Waals surface area contributed by atoms with E-state index in [9.17, 15) is 19.2 Å². The summed E-state index contributed by atoms with van der Waals surface area (Å²) >= 11 is 0. The fourth-order valence-corrected chi connectivity index (χ4v) is 2.18. The minimum absolute atomic E-state index is 0.0158. The molecule has 0 aromatic rings. The van der Waals surface area contributed by atoms with Crippen LogP contribution < -0.4 is 0 Å². The van der Waals surface area contributed by atoms with Crippen molar-refractivity contribution in [1.29, 1.82) is 0 Å². The van der Waals surface area contributed by atoms with Gasteiger partial charge in [0.1, 0.15) is 25.1 Å². The molecule has 0 heterocycles. The summed E-state index contributed by atoms with van der Waals surface area (Å²) in [7, 11) is 0. The van der Waals surface area contributed by atoms with E-state index >= 15 is 0 Å². The van der Waals surface area contributed by atoms with Gasteiger partial charge in [0.2, 0.25) is 0 Å². The third-order valence-electron chi connectivity index (χ3n) is 3.90. The molecule has 7 heteroatoms. The first-order chi connectivity index (χ1) is 12.6. The lowest BCUT2D eigenvalue weighted by Gasteiger charge is -2.15. The molecule has 0 N–H and O–H groups in total. The molecule has 156 valence electrons. The number of esters is 2. The highest BCUT2D eigenvalue weighted by Crippen LogP contribution is 2.18. The Labute approximate surface area is 162 Å². The first kappa shape index (κ1) is 25.2. The monoisotopic (exact) mass is 386 g/mol. The molecule has 0 aliphatic carbocycles. The van der Waals surface area contributed by atoms with Crippen LogP contribution in [0, 0.1) is 5.41 Å². The summed E-state index contributed by atoms with van der Waals surface area (Å²) in [5.74, 6) is -0.774. The van der Waals surface area contributed by atoms with E-state index in [0.29, 0.717) is 25.9 Å². The standard InChI is InChI=1S/C20H34O7/c1-6-25-15(2)16(21)9-7-11-18(23)26-13-14-27-19(24)12-8-10-17(22)20(3,4)5/h15H,6-14H2,1-5H3. The van der Waals surface area contributed by atoms with Gasteiger partial charge < -0.3 is 14.2 Å². The van der Waals surface area contributed by atoms with E-state index in [1.165, 1.54) is 0 Å². The molecule has 0 saturated carbocycles. The molecule has 0 spiro atoms. The second-order valence-corrected chi connectivity index (χ2v) is 7.39. The van der Waals surface area contributed by atoms with Crippen LogP contribution in [0.2, 0.25) is 0 Å². The molecule has 0 aromatic heterocycles. The maximum Gasteiger partial charge on any atom is 0.305 e. The summed E-state index contributed by atoms with van der Waals surface area (Å²) in [6, 6.07) is 0. The van der Waals surface area contributed by atoms with Gasteiger partial charge in [-0.3, -0.25) is 19.2 Å². The predicted octanol–water partition coefficient (Wildman–Crippen LogP) is 3.02. The van der Waals surface area contributed by atoms with E-state index < -0.39 is 23.5 Å². The van der Waals surface area contributed by atoms with Gasteiger partial charge in [0.15, 0.2) is 5.78 Å². The Morgan fingerprint density at radius 2 is 1.30 bits per heavy atom. The molecule has 0 bridgehead atoms. The van der Waals surface area contributed by atoms with E-state index in [4.69, 9.17) is 14.2 Å². The molecule has 1 unspecified atom stereocenters. The van der Waals surface area contributed by atoms with Crippen LogP contribution >= 0.6 is 0 Å². The zero-order valence-corrected chi connectivity index (χ0v) is 17.3. The Morgan fingerprint density at radius 3 is 1.74 bits per heavy atom. The zero-order valence-electron chi connectivity index (χ0n) is 17.3. The van der Waals surface area contributed by atoms with Crippen LogP contribution in [-0.4, -0.2) is 49.4 Å². The molecule has 0 saturated heterocycles. The molecule has 0 rings (SSSR count). The van der Waals surface area contributed by atoms with Crippen LogP contribution in [0.5, 0.6) is 0 Å². The van der Waals surface area contributed by atoms with Gasteiger partial charge in [0.25, 0.3) is 0 Å². The molecule has 7 nitrogen and oxygen atoms in total. The van der Waals surface area contributed by atoms with Gasteiger partial charge >= 0.3 is 11.9 Å². The minimum Gasteiger partial charge on any atom is -0.462 e. The molecule has 1 atom stereocenters. The van der Waals surface area contributed by atoms with Crippen molar-refractivity contribution in [2.75, 3.05) is 19.8 Å². The van der Waals surface area contributed by atoms with Crippen molar-refractivity contribution < 1.29 is 33.4 Å². The Balaban J connectivity index is 3.71. The zero-order chi connectivity index (χ0) is 20.9. The predicted molar refractivity (Wildman–Crippen MR) is 100 cm³/mol. The van der Waals surface area contributed by atoms with Gasteiger partial charge in [-0.05, 0) is 26.7 Å². The number of hydrogen-bond donors (Lipinski definition) is 0. The summed E-state index contributed by atoms with van der Waals surface area (Å²) in [6.45, 7) is 9.48. The van der Waals surface area contributed by atoms with E-state index in [1.54, 1.807) is 6.92 Å². The minimum atomic E-state index is -0.455. The van der Waals surface area contributed by atoms with Crippen LogP contribution in [0.3, 0.4) is 0 Å². The Morgan fingerprint density at radius 1 is 0.815 bits per heavy atom. The first-order valence-corrected chi connectivity index (χ1v) is 9.56. The molecule has 0 radical (unpaired) electrons. The molecule has 0 amide bonds. The number of ether oxygens (including phenoxy) is 3. The van der Waals surface area contributed by atoms with Gasteiger partial charge in [0.05, 0.1) is 0 Å². The van der Waals surface area contributed by atoms with Crippen LogP contribution in [0.25, 0.3) is 0 Å². The van der Waals surface area contributed by atoms with Crippen molar-refractivity contribution in [1.82, 2.24) is 0 Å². The highest BCUT2D eigenvalue weighted by molar-refractivity contribution is 5.84. The van der Waals surface area contributed by atoms with Gasteiger partial charge in [-0.1, -0.05) is 20.8 Å². The van der Waals surface area contributed by atoms with Crippen molar-refractivity contribution in [2.24, 2.45) is 5.41 Å². The molecule has 0 aromatic carbocycles. The van der Waals surface area contributed by atoms with Gasteiger partial charge in [-0.25, -0.2) is 0 Å². The maximum absolute atomic E-state index is 11.7. The van der Waals surface area contributed by atoms with E-state index in [1.807, 2.05) is 27.7 Å². The third-order valence-corrected chi connectivity index (χ3v) is 3.90. The van der Waals surface area contributed by atoms with Crippen LogP contribution in [0.4, 0.5) is 0 Å². The summed E-state index contributed by atoms with van der Waals surface area (Å²) in [5, 5.41) is 0. The van der Waals surface area contributed by atoms with Crippen LogP contribution in [0.15, 0.2) is 0 Å². The number of Topliss-reactive ketones (excluding diaryl/α,β-unsaturated/α-hetero) is 2. The second-order valence-electron chi connectivity index (χ2n) is 7.39. The van der Waals surface area contributed by atoms with Crippen molar-refractivity contribution in [3.05, 3.63) is 0 Å². The normalized spacial score (nSPS) is 12.3. The number of ketones is 2. The average molecular weight is 386 g/mol.